The summed E-state index contributed by atoms with van der Waals surface area (Å²) >= 11 is 0. The number of hydrogen-bond acceptors (Lipinski definition) is 8. The first-order chi connectivity index (χ1) is 15.1. The van der Waals surface area contributed by atoms with Crippen molar-refractivity contribution in [2.75, 3.05) is 32.9 Å². The standard InChI is InChI=1S/C21H25N3O7S/c1-14-2-4-15(5-3-14)32(28,29)16-12-17(18(25)24-7-10-30-11-8-24)21(13-16,19(23)26)20(27)31-9-6-22/h2-5,16-17H,7-13H2,1H3,(H2,23,26)/t16-,17+,21-/m1/s1. The van der Waals surface area contributed by atoms with Crippen LogP contribution in [0.5, 0.6) is 0 Å². The lowest BCUT2D eigenvalue weighted by molar-refractivity contribution is -0.167. The fourth-order valence-corrected chi connectivity index (χ4v) is 6.17. The van der Waals surface area contributed by atoms with Gasteiger partial charge in [-0.3, -0.25) is 14.4 Å². The van der Waals surface area contributed by atoms with Crippen LogP contribution in [0.15, 0.2) is 29.2 Å². The van der Waals surface area contributed by atoms with Crippen molar-refractivity contribution >= 4 is 27.6 Å². The molecule has 3 rings (SSSR count). The second kappa shape index (κ2) is 9.26. The van der Waals surface area contributed by atoms with Crippen molar-refractivity contribution in [1.29, 1.82) is 5.26 Å². The Kier molecular flexibility index (Phi) is 6.85. The maximum absolute atomic E-state index is 13.3. The van der Waals surface area contributed by atoms with E-state index in [1.807, 2.05) is 6.92 Å². The first-order valence-corrected chi connectivity index (χ1v) is 11.7. The number of esters is 1. The number of carbonyl (C=O) groups excluding carboxylic acids is 3. The average molecular weight is 464 g/mol. The van der Waals surface area contributed by atoms with E-state index in [-0.39, 0.29) is 37.6 Å². The number of nitrogens with two attached hydrogens (primary N) is 1. The quantitative estimate of drug-likeness (QED) is 0.454. The molecule has 32 heavy (non-hydrogen) atoms. The van der Waals surface area contributed by atoms with Gasteiger partial charge in [0, 0.05) is 13.1 Å². The van der Waals surface area contributed by atoms with Gasteiger partial charge in [-0.1, -0.05) is 17.7 Å². The van der Waals surface area contributed by atoms with Gasteiger partial charge in [0.05, 0.1) is 29.3 Å². The second-order valence-corrected chi connectivity index (χ2v) is 10.2. The van der Waals surface area contributed by atoms with Gasteiger partial charge in [0.15, 0.2) is 21.9 Å². The molecule has 1 aromatic carbocycles. The molecule has 10 nitrogen and oxygen atoms in total. The van der Waals surface area contributed by atoms with E-state index in [0.29, 0.717) is 0 Å². The van der Waals surface area contributed by atoms with Crippen LogP contribution in [0.4, 0.5) is 0 Å². The predicted octanol–water partition coefficient (Wildman–Crippen LogP) is -0.0554. The molecule has 2 aliphatic rings. The number of sulfone groups is 1. The van der Waals surface area contributed by atoms with E-state index in [4.69, 9.17) is 20.5 Å². The topological polar surface area (TPSA) is 157 Å². The van der Waals surface area contributed by atoms with Gasteiger partial charge in [0.25, 0.3) is 0 Å². The Morgan fingerprint density at radius 1 is 1.25 bits per heavy atom. The molecule has 1 saturated heterocycles. The predicted molar refractivity (Wildman–Crippen MR) is 110 cm³/mol. The summed E-state index contributed by atoms with van der Waals surface area (Å²) < 4.78 is 36.8. The van der Waals surface area contributed by atoms with Crippen LogP contribution in [0.2, 0.25) is 0 Å². The van der Waals surface area contributed by atoms with E-state index in [0.717, 1.165) is 5.56 Å². The molecule has 1 aliphatic heterocycles. The van der Waals surface area contributed by atoms with Gasteiger partial charge < -0.3 is 20.1 Å². The van der Waals surface area contributed by atoms with Crippen LogP contribution in [-0.4, -0.2) is 69.3 Å². The number of nitriles is 1. The van der Waals surface area contributed by atoms with Crippen LogP contribution in [0.25, 0.3) is 0 Å². The molecule has 3 atom stereocenters. The maximum atomic E-state index is 13.3. The van der Waals surface area contributed by atoms with Gasteiger partial charge >= 0.3 is 5.97 Å². The Morgan fingerprint density at radius 2 is 1.88 bits per heavy atom. The van der Waals surface area contributed by atoms with Gasteiger partial charge in [-0.05, 0) is 31.9 Å². The summed E-state index contributed by atoms with van der Waals surface area (Å²) in [4.78, 5) is 40.4. The summed E-state index contributed by atoms with van der Waals surface area (Å²) in [6.07, 6.45) is -0.763. The van der Waals surface area contributed by atoms with Crippen molar-refractivity contribution in [2.45, 2.75) is 29.9 Å². The zero-order chi connectivity index (χ0) is 23.5. The molecule has 1 saturated carbocycles. The highest BCUT2D eigenvalue weighted by Gasteiger charge is 2.63. The van der Waals surface area contributed by atoms with Crippen molar-refractivity contribution < 1.29 is 32.3 Å². The summed E-state index contributed by atoms with van der Waals surface area (Å²) in [5.41, 5.74) is 4.29. The first kappa shape index (κ1) is 23.7. The van der Waals surface area contributed by atoms with Crippen molar-refractivity contribution in [3.63, 3.8) is 0 Å². The third-order valence-electron chi connectivity index (χ3n) is 6.12. The van der Waals surface area contributed by atoms with Crippen LogP contribution >= 0.6 is 0 Å². The minimum Gasteiger partial charge on any atom is -0.449 e. The Labute approximate surface area is 186 Å². The Balaban J connectivity index is 2.04. The van der Waals surface area contributed by atoms with E-state index in [9.17, 15) is 22.8 Å². The number of amides is 2. The largest absolute Gasteiger partial charge is 0.449 e. The van der Waals surface area contributed by atoms with Crippen LogP contribution < -0.4 is 5.73 Å². The molecule has 0 unspecified atom stereocenters. The first-order valence-electron chi connectivity index (χ1n) is 10.2. The Hall–Kier alpha value is -2.97. The highest BCUT2D eigenvalue weighted by atomic mass is 32.2. The molecule has 11 heteroatoms. The number of rotatable bonds is 6. The molecule has 1 heterocycles. The zero-order valence-electron chi connectivity index (χ0n) is 17.7. The van der Waals surface area contributed by atoms with Gasteiger partial charge in [-0.25, -0.2) is 8.42 Å². The van der Waals surface area contributed by atoms with Crippen molar-refractivity contribution in [3.05, 3.63) is 29.8 Å². The van der Waals surface area contributed by atoms with Crippen molar-refractivity contribution in [3.8, 4) is 6.07 Å². The highest BCUT2D eigenvalue weighted by molar-refractivity contribution is 7.92. The molecule has 172 valence electrons. The fourth-order valence-electron chi connectivity index (χ4n) is 4.35. The van der Waals surface area contributed by atoms with E-state index < -0.39 is 57.2 Å². The summed E-state index contributed by atoms with van der Waals surface area (Å²) in [6, 6.07) is 7.80. The van der Waals surface area contributed by atoms with Crippen molar-refractivity contribution in [1.82, 2.24) is 4.90 Å². The van der Waals surface area contributed by atoms with E-state index >= 15 is 0 Å². The minimum atomic E-state index is -3.99. The van der Waals surface area contributed by atoms with Crippen LogP contribution in [0.3, 0.4) is 0 Å². The van der Waals surface area contributed by atoms with E-state index in [1.54, 1.807) is 18.2 Å². The third kappa shape index (κ3) is 4.20. The van der Waals surface area contributed by atoms with Gasteiger partial charge in [-0.15, -0.1) is 0 Å². The second-order valence-electron chi connectivity index (χ2n) is 7.98. The molecule has 0 radical (unpaired) electrons. The van der Waals surface area contributed by atoms with Gasteiger partial charge in [0.1, 0.15) is 6.07 Å². The number of aryl methyl sites for hydroxylation is 1. The average Bonchev–Trinajstić information content (AvgIpc) is 3.21. The highest BCUT2D eigenvalue weighted by Crippen LogP contribution is 2.49. The van der Waals surface area contributed by atoms with E-state index in [2.05, 4.69) is 0 Å². The number of ether oxygens (including phenoxy) is 2. The number of carbonyl (C=O) groups is 3. The summed E-state index contributed by atoms with van der Waals surface area (Å²) in [5, 5.41) is 7.58. The van der Waals surface area contributed by atoms with E-state index in [1.165, 1.54) is 17.0 Å². The minimum absolute atomic E-state index is 0.0244. The number of benzene rings is 1. The normalized spacial score (nSPS) is 25.7. The molecular weight excluding hydrogens is 438 g/mol. The number of nitrogens with zero attached hydrogens (tertiary/aromatic N) is 2. The lowest BCUT2D eigenvalue weighted by Gasteiger charge is -2.34. The maximum Gasteiger partial charge on any atom is 0.323 e. The zero-order valence-corrected chi connectivity index (χ0v) is 18.5. The molecule has 0 bridgehead atoms. The smallest absolute Gasteiger partial charge is 0.323 e. The Bertz CT molecular complexity index is 1040. The molecule has 2 amide bonds. The number of morpholine rings is 1. The van der Waals surface area contributed by atoms with Crippen LogP contribution in [0, 0.1) is 29.6 Å². The molecule has 1 aliphatic carbocycles. The fraction of sp³-hybridized carbons (Fsp3) is 0.524. The molecule has 1 aromatic rings. The van der Waals surface area contributed by atoms with Gasteiger partial charge in [0.2, 0.25) is 11.8 Å². The SMILES string of the molecule is Cc1ccc(S(=O)(=O)[C@@H]2C[C@@H](C(=O)N3CCOCC3)[C@](C(N)=O)(C(=O)OCC#N)C2)cc1. The van der Waals surface area contributed by atoms with Gasteiger partial charge in [-0.2, -0.15) is 5.26 Å². The molecule has 2 N–H and O–H groups in total. The van der Waals surface area contributed by atoms with Crippen molar-refractivity contribution in [2.24, 2.45) is 17.1 Å². The van der Waals surface area contributed by atoms with Crippen LogP contribution in [-0.2, 0) is 33.7 Å². The molecular formula is C21H25N3O7S. The summed E-state index contributed by atoms with van der Waals surface area (Å²) in [7, 11) is -3.99. The summed E-state index contributed by atoms with van der Waals surface area (Å²) in [5.74, 6) is -4.18. The lowest BCUT2D eigenvalue weighted by atomic mass is 9.76. The summed E-state index contributed by atoms with van der Waals surface area (Å²) in [6.45, 7) is 2.21. The Morgan fingerprint density at radius 3 is 2.44 bits per heavy atom. The molecule has 0 aromatic heterocycles. The monoisotopic (exact) mass is 463 g/mol. The number of hydrogen-bond donors (Lipinski definition) is 1. The number of primary amides is 1. The lowest BCUT2D eigenvalue weighted by Crippen LogP contribution is -2.54. The van der Waals surface area contributed by atoms with Crippen LogP contribution in [0.1, 0.15) is 18.4 Å². The molecule has 0 spiro atoms. The molecule has 2 fully saturated rings. The third-order valence-corrected chi connectivity index (χ3v) is 8.29.